The van der Waals surface area contributed by atoms with E-state index in [1.165, 1.54) is 0 Å². The maximum absolute atomic E-state index is 6.84. The molecule has 0 N–H and O–H groups in total. The molecule has 0 aliphatic rings. The van der Waals surface area contributed by atoms with E-state index in [1.54, 1.807) is 35.8 Å². The fourth-order valence-electron chi connectivity index (χ4n) is 3.80. The van der Waals surface area contributed by atoms with Gasteiger partial charge in [-0.3, -0.25) is 0 Å². The third-order valence-corrected chi connectivity index (χ3v) is 7.67. The lowest BCUT2D eigenvalue weighted by Crippen LogP contribution is -2.33. The lowest BCUT2D eigenvalue weighted by molar-refractivity contribution is 0.0234. The van der Waals surface area contributed by atoms with Crippen LogP contribution in [-0.2, 0) is 10.3 Å². The molecular formula is C28H27NO3S2. The van der Waals surface area contributed by atoms with E-state index in [0.717, 1.165) is 39.0 Å². The third-order valence-electron chi connectivity index (χ3n) is 5.44. The minimum Gasteiger partial charge on any atom is -0.497 e. The lowest BCUT2D eigenvalue weighted by Gasteiger charge is -2.36. The summed E-state index contributed by atoms with van der Waals surface area (Å²) in [6.45, 7) is 0.553. The molecule has 4 aromatic rings. The Morgan fingerprint density at radius 3 is 1.76 bits per heavy atom. The van der Waals surface area contributed by atoms with E-state index in [9.17, 15) is 0 Å². The summed E-state index contributed by atoms with van der Waals surface area (Å²) in [5, 5.41) is 0.993. The molecule has 0 aliphatic carbocycles. The normalized spacial score (nSPS) is 11.2. The number of nitrogens with zero attached hydrogens (tertiary/aromatic N) is 1. The molecule has 0 radical (unpaired) electrons. The van der Waals surface area contributed by atoms with Crippen LogP contribution >= 0.6 is 21.6 Å². The van der Waals surface area contributed by atoms with Gasteiger partial charge in [-0.05, 0) is 63.9 Å². The minimum absolute atomic E-state index is 0.553. The van der Waals surface area contributed by atoms with Crippen molar-refractivity contribution in [2.45, 2.75) is 10.6 Å². The smallest absolute Gasteiger partial charge is 0.143 e. The number of hydrogen-bond acceptors (Lipinski definition) is 6. The first kappa shape index (κ1) is 24.2. The molecule has 0 amide bonds. The van der Waals surface area contributed by atoms with Gasteiger partial charge < -0.3 is 14.2 Å². The second-order valence-corrected chi connectivity index (χ2v) is 9.86. The largest absolute Gasteiger partial charge is 0.497 e. The Bertz CT molecular complexity index is 1090. The van der Waals surface area contributed by atoms with Gasteiger partial charge in [0.15, 0.2) is 0 Å². The van der Waals surface area contributed by atoms with Gasteiger partial charge in [-0.25, -0.2) is 4.98 Å². The highest BCUT2D eigenvalue weighted by molar-refractivity contribution is 8.76. The van der Waals surface area contributed by atoms with Gasteiger partial charge >= 0.3 is 0 Å². The molecule has 0 saturated heterocycles. The van der Waals surface area contributed by atoms with Gasteiger partial charge in [-0.2, -0.15) is 0 Å². The average molecular weight is 490 g/mol. The molecule has 0 fully saturated rings. The van der Waals surface area contributed by atoms with Crippen LogP contribution in [0.5, 0.6) is 11.5 Å². The SMILES string of the molecule is COc1ccc(C(OCCSSc2ccccn2)(c2ccccc2)c2ccc(OC)cc2)cc1. The Morgan fingerprint density at radius 2 is 1.24 bits per heavy atom. The van der Waals surface area contributed by atoms with Crippen molar-refractivity contribution in [3.8, 4) is 11.5 Å². The summed E-state index contributed by atoms with van der Waals surface area (Å²) in [5.74, 6) is 2.42. The predicted octanol–water partition coefficient (Wildman–Crippen LogP) is 6.85. The van der Waals surface area contributed by atoms with Crippen molar-refractivity contribution in [1.82, 2.24) is 4.98 Å². The first-order chi connectivity index (χ1) is 16.8. The van der Waals surface area contributed by atoms with Crippen molar-refractivity contribution in [1.29, 1.82) is 0 Å². The molecule has 3 aromatic carbocycles. The Labute approximate surface area is 209 Å². The van der Waals surface area contributed by atoms with Gasteiger partial charge in [0.2, 0.25) is 0 Å². The van der Waals surface area contributed by atoms with Crippen molar-refractivity contribution >= 4 is 21.6 Å². The van der Waals surface area contributed by atoms with Crippen LogP contribution in [0.2, 0.25) is 0 Å². The fraction of sp³-hybridized carbons (Fsp3) is 0.179. The van der Waals surface area contributed by atoms with E-state index in [2.05, 4.69) is 41.4 Å². The highest BCUT2D eigenvalue weighted by Crippen LogP contribution is 2.42. The van der Waals surface area contributed by atoms with Crippen molar-refractivity contribution < 1.29 is 14.2 Å². The van der Waals surface area contributed by atoms with E-state index in [0.29, 0.717) is 6.61 Å². The zero-order chi connectivity index (χ0) is 23.6. The van der Waals surface area contributed by atoms with Gasteiger partial charge in [0, 0.05) is 11.9 Å². The Hall–Kier alpha value is -2.93. The lowest BCUT2D eigenvalue weighted by atomic mass is 9.80. The summed E-state index contributed by atoms with van der Waals surface area (Å²) in [6, 6.07) is 32.5. The van der Waals surface area contributed by atoms with E-state index in [-0.39, 0.29) is 0 Å². The molecule has 6 heteroatoms. The van der Waals surface area contributed by atoms with Gasteiger partial charge in [0.25, 0.3) is 0 Å². The second kappa shape index (κ2) is 12.0. The second-order valence-electron chi connectivity index (χ2n) is 7.43. The molecule has 0 spiro atoms. The van der Waals surface area contributed by atoms with E-state index in [4.69, 9.17) is 14.2 Å². The Morgan fingerprint density at radius 1 is 0.676 bits per heavy atom. The summed E-state index contributed by atoms with van der Waals surface area (Å²) < 4.78 is 17.7. The first-order valence-corrected chi connectivity index (χ1v) is 13.3. The van der Waals surface area contributed by atoms with Crippen molar-refractivity contribution in [2.75, 3.05) is 26.6 Å². The molecule has 1 heterocycles. The van der Waals surface area contributed by atoms with Crippen LogP contribution in [0.3, 0.4) is 0 Å². The molecule has 174 valence electrons. The Balaban J connectivity index is 1.67. The minimum atomic E-state index is -0.782. The average Bonchev–Trinajstić information content (AvgIpc) is 2.92. The number of ether oxygens (including phenoxy) is 3. The van der Waals surface area contributed by atoms with Crippen LogP contribution in [-0.4, -0.2) is 31.6 Å². The fourth-order valence-corrected chi connectivity index (χ4v) is 5.51. The molecule has 0 aliphatic heterocycles. The number of hydrogen-bond donors (Lipinski definition) is 0. The summed E-state index contributed by atoms with van der Waals surface area (Å²) in [5.41, 5.74) is 2.35. The van der Waals surface area contributed by atoms with E-state index < -0.39 is 5.60 Å². The Kier molecular flexibility index (Phi) is 8.52. The zero-order valence-electron chi connectivity index (χ0n) is 19.2. The van der Waals surface area contributed by atoms with Gasteiger partial charge in [-0.15, -0.1) is 0 Å². The van der Waals surface area contributed by atoms with Gasteiger partial charge in [-0.1, -0.05) is 71.5 Å². The molecular weight excluding hydrogens is 462 g/mol. The maximum atomic E-state index is 6.84. The topological polar surface area (TPSA) is 40.6 Å². The van der Waals surface area contributed by atoms with Crippen molar-refractivity contribution in [2.24, 2.45) is 0 Å². The highest BCUT2D eigenvalue weighted by atomic mass is 33.1. The van der Waals surface area contributed by atoms with Crippen LogP contribution in [0.4, 0.5) is 0 Å². The summed E-state index contributed by atoms with van der Waals surface area (Å²) in [4.78, 5) is 4.38. The highest BCUT2D eigenvalue weighted by Gasteiger charge is 2.37. The molecule has 34 heavy (non-hydrogen) atoms. The maximum Gasteiger partial charge on any atom is 0.143 e. The van der Waals surface area contributed by atoms with Crippen LogP contribution < -0.4 is 9.47 Å². The molecule has 4 rings (SSSR count). The van der Waals surface area contributed by atoms with Gasteiger partial charge in [0.1, 0.15) is 22.1 Å². The van der Waals surface area contributed by atoms with Crippen molar-refractivity contribution in [3.05, 3.63) is 120 Å². The molecule has 0 bridgehead atoms. The molecule has 0 saturated carbocycles. The number of benzene rings is 3. The molecule has 1 aromatic heterocycles. The summed E-state index contributed by atoms with van der Waals surface area (Å²) >= 11 is 0. The molecule has 0 unspecified atom stereocenters. The summed E-state index contributed by atoms with van der Waals surface area (Å²) in [7, 11) is 6.75. The zero-order valence-corrected chi connectivity index (χ0v) is 20.9. The number of rotatable bonds is 11. The van der Waals surface area contributed by atoms with Crippen LogP contribution in [0.15, 0.2) is 108 Å². The quantitative estimate of drug-likeness (QED) is 0.130. The molecule has 4 nitrogen and oxygen atoms in total. The van der Waals surface area contributed by atoms with Crippen LogP contribution in [0, 0.1) is 0 Å². The van der Waals surface area contributed by atoms with Crippen LogP contribution in [0.1, 0.15) is 16.7 Å². The first-order valence-electron chi connectivity index (χ1n) is 11.0. The number of pyridine rings is 1. The standard InChI is InChI=1S/C28H27NO3S2/c1-30-25-15-11-23(12-16-25)28(22-8-4-3-5-9-22,24-13-17-26(31-2)18-14-24)32-20-21-33-34-27-10-6-7-19-29-27/h3-19H,20-21H2,1-2H3. The third kappa shape index (κ3) is 5.58. The van der Waals surface area contributed by atoms with Crippen molar-refractivity contribution in [3.63, 3.8) is 0 Å². The van der Waals surface area contributed by atoms with Gasteiger partial charge in [0.05, 0.1) is 20.8 Å². The number of methoxy groups -OCH3 is 2. The van der Waals surface area contributed by atoms with E-state index in [1.807, 2.05) is 66.9 Å². The number of aromatic nitrogens is 1. The van der Waals surface area contributed by atoms with Crippen LogP contribution in [0.25, 0.3) is 0 Å². The monoisotopic (exact) mass is 489 g/mol. The predicted molar refractivity (Wildman–Crippen MR) is 141 cm³/mol. The van der Waals surface area contributed by atoms with E-state index >= 15 is 0 Å². The summed E-state index contributed by atoms with van der Waals surface area (Å²) in [6.07, 6.45) is 1.81. The molecule has 0 atom stereocenters.